The predicted molar refractivity (Wildman–Crippen MR) is 99.5 cm³/mol. The van der Waals surface area contributed by atoms with Gasteiger partial charge >= 0.3 is 6.09 Å². The fourth-order valence-electron chi connectivity index (χ4n) is 3.38. The Hall–Kier alpha value is -2.85. The molecule has 0 N–H and O–H groups in total. The molecule has 0 aliphatic carbocycles. The number of nitrogens with zero attached hydrogens (tertiary/aromatic N) is 5. The first-order valence-electron chi connectivity index (χ1n) is 9.41. The van der Waals surface area contributed by atoms with Crippen LogP contribution in [0.4, 0.5) is 4.79 Å². The Morgan fingerprint density at radius 2 is 1.93 bits per heavy atom. The summed E-state index contributed by atoms with van der Waals surface area (Å²) in [7, 11) is 0. The van der Waals surface area contributed by atoms with Crippen molar-refractivity contribution in [2.24, 2.45) is 0 Å². The Morgan fingerprint density at radius 1 is 1.07 bits per heavy atom. The van der Waals surface area contributed by atoms with Crippen LogP contribution in [0.5, 0.6) is 0 Å². The van der Waals surface area contributed by atoms with E-state index in [4.69, 9.17) is 4.84 Å². The molecule has 0 radical (unpaired) electrons. The molecule has 2 aliphatic rings. The Kier molecular flexibility index (Phi) is 5.07. The van der Waals surface area contributed by atoms with Crippen LogP contribution in [0.3, 0.4) is 0 Å². The van der Waals surface area contributed by atoms with Crippen LogP contribution in [-0.4, -0.2) is 50.5 Å². The summed E-state index contributed by atoms with van der Waals surface area (Å²) in [6, 6.07) is 8.05. The zero-order valence-corrected chi connectivity index (χ0v) is 15.5. The molecule has 0 bridgehead atoms. The lowest BCUT2D eigenvalue weighted by Gasteiger charge is -2.30. The SMILES string of the molecule is Cc1cccc(C#Cc2nnc3n2CCN(C(=O)ON2CCCCC2)C3)c1. The van der Waals surface area contributed by atoms with Gasteiger partial charge in [0, 0.05) is 31.7 Å². The number of amides is 1. The van der Waals surface area contributed by atoms with E-state index in [0.29, 0.717) is 25.5 Å². The van der Waals surface area contributed by atoms with Gasteiger partial charge in [0.05, 0.1) is 6.54 Å². The molecular weight excluding hydrogens is 342 g/mol. The number of aryl methyl sites for hydroxylation is 1. The van der Waals surface area contributed by atoms with Crippen LogP contribution >= 0.6 is 0 Å². The second-order valence-electron chi connectivity index (χ2n) is 6.98. The number of carbonyl (C=O) groups is 1. The minimum Gasteiger partial charge on any atom is -0.351 e. The van der Waals surface area contributed by atoms with Gasteiger partial charge in [-0.15, -0.1) is 15.3 Å². The van der Waals surface area contributed by atoms with Crippen LogP contribution in [0.1, 0.15) is 42.0 Å². The second kappa shape index (κ2) is 7.80. The normalized spacial score (nSPS) is 17.0. The molecule has 1 saturated heterocycles. The topological polar surface area (TPSA) is 63.5 Å². The molecule has 27 heavy (non-hydrogen) atoms. The van der Waals surface area contributed by atoms with Crippen LogP contribution in [0.25, 0.3) is 0 Å². The summed E-state index contributed by atoms with van der Waals surface area (Å²) < 4.78 is 1.98. The number of carbonyl (C=O) groups excluding carboxylic acids is 1. The molecule has 1 aromatic carbocycles. The van der Waals surface area contributed by atoms with Crippen molar-refractivity contribution in [2.45, 2.75) is 39.3 Å². The Bertz CT molecular complexity index is 889. The highest BCUT2D eigenvalue weighted by Crippen LogP contribution is 2.15. The number of hydrogen-bond acceptors (Lipinski definition) is 5. The van der Waals surface area contributed by atoms with Gasteiger partial charge in [-0.05, 0) is 43.4 Å². The lowest BCUT2D eigenvalue weighted by Crippen LogP contribution is -2.43. The maximum Gasteiger partial charge on any atom is 0.429 e. The quantitative estimate of drug-likeness (QED) is 0.726. The van der Waals surface area contributed by atoms with Crippen molar-refractivity contribution in [2.75, 3.05) is 19.6 Å². The van der Waals surface area contributed by atoms with E-state index in [-0.39, 0.29) is 6.09 Å². The summed E-state index contributed by atoms with van der Waals surface area (Å²) in [5, 5.41) is 10.2. The van der Waals surface area contributed by atoms with Crippen molar-refractivity contribution in [3.8, 4) is 11.8 Å². The summed E-state index contributed by atoms with van der Waals surface area (Å²) >= 11 is 0. The van der Waals surface area contributed by atoms with Crippen molar-refractivity contribution in [1.29, 1.82) is 0 Å². The van der Waals surface area contributed by atoms with Gasteiger partial charge in [-0.2, -0.15) is 0 Å². The highest BCUT2D eigenvalue weighted by atomic mass is 16.7. The van der Waals surface area contributed by atoms with Crippen LogP contribution in [-0.2, 0) is 17.9 Å². The molecule has 1 aromatic heterocycles. The smallest absolute Gasteiger partial charge is 0.351 e. The number of rotatable bonds is 1. The standard InChI is InChI=1S/C20H23N5O2/c1-16-6-5-7-17(14-16)8-9-18-21-22-19-15-23(12-13-25(18)19)20(26)27-24-10-3-2-4-11-24/h5-7,14H,2-4,10-13,15H2,1H3. The molecule has 1 fully saturated rings. The molecule has 0 saturated carbocycles. The van der Waals surface area contributed by atoms with E-state index in [2.05, 4.69) is 22.0 Å². The summed E-state index contributed by atoms with van der Waals surface area (Å²) in [6.45, 7) is 5.25. The van der Waals surface area contributed by atoms with E-state index in [1.807, 2.05) is 35.8 Å². The van der Waals surface area contributed by atoms with Gasteiger partial charge in [-0.25, -0.2) is 4.79 Å². The first-order chi connectivity index (χ1) is 13.2. The van der Waals surface area contributed by atoms with E-state index in [1.54, 1.807) is 9.96 Å². The third-order valence-electron chi connectivity index (χ3n) is 4.87. The number of fused-ring (bicyclic) bond motifs is 1. The van der Waals surface area contributed by atoms with Gasteiger partial charge in [0.2, 0.25) is 5.82 Å². The number of aromatic nitrogens is 3. The first-order valence-corrected chi connectivity index (χ1v) is 9.41. The lowest BCUT2D eigenvalue weighted by molar-refractivity contribution is -0.124. The third-order valence-corrected chi connectivity index (χ3v) is 4.87. The molecule has 2 aliphatic heterocycles. The van der Waals surface area contributed by atoms with Crippen molar-refractivity contribution >= 4 is 6.09 Å². The van der Waals surface area contributed by atoms with Crippen molar-refractivity contribution in [1.82, 2.24) is 24.7 Å². The van der Waals surface area contributed by atoms with Crippen molar-refractivity contribution in [3.05, 3.63) is 47.0 Å². The summed E-state index contributed by atoms with van der Waals surface area (Å²) in [4.78, 5) is 19.6. The van der Waals surface area contributed by atoms with Gasteiger partial charge < -0.3 is 9.40 Å². The van der Waals surface area contributed by atoms with Gasteiger partial charge in [0.15, 0.2) is 5.82 Å². The van der Waals surface area contributed by atoms with Crippen LogP contribution < -0.4 is 0 Å². The average Bonchev–Trinajstić information content (AvgIpc) is 3.09. The Balaban J connectivity index is 1.42. The summed E-state index contributed by atoms with van der Waals surface area (Å²) in [5.41, 5.74) is 2.13. The van der Waals surface area contributed by atoms with Crippen LogP contribution in [0, 0.1) is 18.8 Å². The number of hydroxylamine groups is 2. The highest BCUT2D eigenvalue weighted by Gasteiger charge is 2.27. The minimum atomic E-state index is -0.307. The summed E-state index contributed by atoms with van der Waals surface area (Å²) in [6.07, 6.45) is 3.04. The number of hydrogen-bond donors (Lipinski definition) is 0. The highest BCUT2D eigenvalue weighted by molar-refractivity contribution is 5.67. The Labute approximate surface area is 158 Å². The van der Waals surface area contributed by atoms with Gasteiger partial charge in [-0.1, -0.05) is 24.5 Å². The van der Waals surface area contributed by atoms with E-state index >= 15 is 0 Å². The molecule has 3 heterocycles. The number of piperidine rings is 1. The van der Waals surface area contributed by atoms with Crippen molar-refractivity contribution in [3.63, 3.8) is 0 Å². The van der Waals surface area contributed by atoms with Gasteiger partial charge in [-0.3, -0.25) is 4.90 Å². The zero-order chi connectivity index (χ0) is 18.6. The fourth-order valence-corrected chi connectivity index (χ4v) is 3.38. The Morgan fingerprint density at radius 3 is 2.74 bits per heavy atom. The zero-order valence-electron chi connectivity index (χ0n) is 15.5. The lowest BCUT2D eigenvalue weighted by atomic mass is 10.1. The van der Waals surface area contributed by atoms with Crippen LogP contribution in [0.2, 0.25) is 0 Å². The van der Waals surface area contributed by atoms with Crippen LogP contribution in [0.15, 0.2) is 24.3 Å². The fraction of sp³-hybridized carbons (Fsp3) is 0.450. The van der Waals surface area contributed by atoms with Gasteiger partial charge in [0.1, 0.15) is 0 Å². The molecule has 4 rings (SSSR count). The van der Waals surface area contributed by atoms with Gasteiger partial charge in [0.25, 0.3) is 0 Å². The maximum absolute atomic E-state index is 12.4. The molecule has 7 heteroatoms. The molecular formula is C20H23N5O2. The largest absolute Gasteiger partial charge is 0.429 e. The minimum absolute atomic E-state index is 0.307. The number of benzene rings is 1. The molecule has 140 valence electrons. The molecule has 0 atom stereocenters. The van der Waals surface area contributed by atoms with E-state index in [9.17, 15) is 4.79 Å². The molecule has 7 nitrogen and oxygen atoms in total. The predicted octanol–water partition coefficient (Wildman–Crippen LogP) is 2.34. The molecule has 1 amide bonds. The molecule has 0 unspecified atom stereocenters. The van der Waals surface area contributed by atoms with E-state index in [0.717, 1.165) is 37.3 Å². The second-order valence-corrected chi connectivity index (χ2v) is 6.98. The monoisotopic (exact) mass is 365 g/mol. The molecule has 0 spiro atoms. The van der Waals surface area contributed by atoms with Crippen molar-refractivity contribution < 1.29 is 9.63 Å². The molecule has 2 aromatic rings. The average molecular weight is 365 g/mol. The van der Waals surface area contributed by atoms with E-state index in [1.165, 1.54) is 12.0 Å². The third kappa shape index (κ3) is 4.12. The maximum atomic E-state index is 12.4. The first kappa shape index (κ1) is 17.6. The summed E-state index contributed by atoms with van der Waals surface area (Å²) in [5.74, 6) is 7.62. The van der Waals surface area contributed by atoms with E-state index < -0.39 is 0 Å².